The normalized spacial score (nSPS) is 13.5. The van der Waals surface area contributed by atoms with Crippen LogP contribution in [0.3, 0.4) is 0 Å². The Bertz CT molecular complexity index is 1310. The van der Waals surface area contributed by atoms with Crippen molar-refractivity contribution in [1.29, 1.82) is 0 Å². The second-order valence-corrected chi connectivity index (χ2v) is 7.80. The first-order chi connectivity index (χ1) is 15.0. The van der Waals surface area contributed by atoms with Gasteiger partial charge in [0, 0.05) is 34.5 Å². The van der Waals surface area contributed by atoms with Crippen molar-refractivity contribution in [1.82, 2.24) is 9.55 Å². The molecule has 2 heterocycles. The monoisotopic (exact) mass is 419 g/mol. The molecule has 0 unspecified atom stereocenters. The molecule has 0 spiro atoms. The minimum Gasteiger partial charge on any atom is -0.478 e. The number of fused-ring (bicyclic) bond motifs is 1. The fourth-order valence-electron chi connectivity index (χ4n) is 3.79. The number of carboxylic acids is 1. The van der Waals surface area contributed by atoms with Crippen molar-refractivity contribution in [3.05, 3.63) is 89.2 Å². The number of hydrogen-bond donors (Lipinski definition) is 2. The molecule has 2 N–H and O–H groups in total. The maximum absolute atomic E-state index is 14.0. The van der Waals surface area contributed by atoms with E-state index in [1.54, 1.807) is 18.3 Å². The minimum atomic E-state index is -1.03. The van der Waals surface area contributed by atoms with Crippen LogP contribution in [0, 0.1) is 11.6 Å². The average molecular weight is 419 g/mol. The number of aromatic carboxylic acids is 1. The molecule has 0 bridgehead atoms. The smallest absolute Gasteiger partial charge is 0.339 e. The van der Waals surface area contributed by atoms with Gasteiger partial charge in [-0.1, -0.05) is 12.1 Å². The Kier molecular flexibility index (Phi) is 4.66. The van der Waals surface area contributed by atoms with Crippen molar-refractivity contribution in [2.75, 3.05) is 5.32 Å². The second-order valence-electron chi connectivity index (χ2n) is 7.80. The van der Waals surface area contributed by atoms with E-state index >= 15 is 0 Å². The molecule has 1 fully saturated rings. The van der Waals surface area contributed by atoms with E-state index in [-0.39, 0.29) is 23.5 Å². The summed E-state index contributed by atoms with van der Waals surface area (Å²) in [6.45, 7) is 0.202. The molecule has 156 valence electrons. The summed E-state index contributed by atoms with van der Waals surface area (Å²) in [6, 6.07) is 13.2. The fraction of sp³-hybridized carbons (Fsp3) is 0.167. The van der Waals surface area contributed by atoms with Gasteiger partial charge >= 0.3 is 5.97 Å². The number of carbonyl (C=O) groups is 1. The Morgan fingerprint density at radius 3 is 2.77 bits per heavy atom. The Balaban J connectivity index is 1.42. The number of nitrogens with one attached hydrogen (secondary N) is 1. The summed E-state index contributed by atoms with van der Waals surface area (Å²) in [5, 5.41) is 13.6. The molecule has 2 aromatic carbocycles. The molecule has 0 amide bonds. The molecule has 0 atom stereocenters. The number of halogens is 2. The van der Waals surface area contributed by atoms with Crippen LogP contribution in [-0.2, 0) is 6.54 Å². The van der Waals surface area contributed by atoms with Gasteiger partial charge in [-0.3, -0.25) is 0 Å². The van der Waals surface area contributed by atoms with Gasteiger partial charge in [0.15, 0.2) is 11.6 Å². The summed E-state index contributed by atoms with van der Waals surface area (Å²) in [5.41, 5.74) is 2.91. The molecule has 7 heteroatoms. The van der Waals surface area contributed by atoms with Gasteiger partial charge in [0.05, 0.1) is 6.54 Å². The van der Waals surface area contributed by atoms with Crippen LogP contribution in [-0.4, -0.2) is 20.6 Å². The molecule has 1 saturated carbocycles. The number of rotatable bonds is 6. The summed E-state index contributed by atoms with van der Waals surface area (Å²) in [4.78, 5) is 16.0. The zero-order valence-corrected chi connectivity index (χ0v) is 16.5. The first-order valence-corrected chi connectivity index (χ1v) is 10.0. The van der Waals surface area contributed by atoms with Crippen molar-refractivity contribution < 1.29 is 18.7 Å². The van der Waals surface area contributed by atoms with Gasteiger partial charge in [-0.15, -0.1) is 0 Å². The van der Waals surface area contributed by atoms with Crippen LogP contribution in [0.5, 0.6) is 0 Å². The largest absolute Gasteiger partial charge is 0.478 e. The van der Waals surface area contributed by atoms with Crippen molar-refractivity contribution in [3.63, 3.8) is 0 Å². The molecule has 0 radical (unpaired) electrons. The van der Waals surface area contributed by atoms with Gasteiger partial charge in [0.25, 0.3) is 0 Å². The number of benzene rings is 2. The number of aromatic nitrogens is 2. The molecule has 2 aromatic heterocycles. The Hall–Kier alpha value is -3.74. The molecular formula is C24H19F2N3O2. The molecule has 4 aromatic rings. The molecule has 5 nitrogen and oxygen atoms in total. The van der Waals surface area contributed by atoms with Gasteiger partial charge < -0.3 is 15.0 Å². The molecule has 1 aliphatic carbocycles. The molecule has 0 aliphatic heterocycles. The molecule has 1 aliphatic rings. The van der Waals surface area contributed by atoms with Crippen LogP contribution in [0.2, 0.25) is 0 Å². The van der Waals surface area contributed by atoms with E-state index in [0.717, 1.165) is 35.4 Å². The highest BCUT2D eigenvalue weighted by molar-refractivity contribution is 5.94. The van der Waals surface area contributed by atoms with E-state index in [0.29, 0.717) is 11.6 Å². The van der Waals surface area contributed by atoms with Crippen molar-refractivity contribution >= 4 is 28.4 Å². The number of nitrogens with zero attached hydrogens (tertiary/aromatic N) is 2. The fourth-order valence-corrected chi connectivity index (χ4v) is 3.79. The van der Waals surface area contributed by atoms with Gasteiger partial charge in [0.1, 0.15) is 11.4 Å². The minimum absolute atomic E-state index is 0.142. The van der Waals surface area contributed by atoms with Crippen molar-refractivity contribution in [2.45, 2.75) is 25.3 Å². The van der Waals surface area contributed by atoms with E-state index in [9.17, 15) is 18.7 Å². The second kappa shape index (κ2) is 7.50. The van der Waals surface area contributed by atoms with Gasteiger partial charge in [0.2, 0.25) is 0 Å². The lowest BCUT2D eigenvalue weighted by Gasteiger charge is -2.11. The van der Waals surface area contributed by atoms with Crippen LogP contribution >= 0.6 is 0 Å². The highest BCUT2D eigenvalue weighted by Crippen LogP contribution is 2.40. The quantitative estimate of drug-likeness (QED) is 0.422. The third-order valence-electron chi connectivity index (χ3n) is 5.59. The number of carboxylic acid groups (broad SMARTS) is 1. The molecule has 0 saturated heterocycles. The lowest BCUT2D eigenvalue weighted by atomic mass is 10.1. The molecular weight excluding hydrogens is 400 g/mol. The molecule has 31 heavy (non-hydrogen) atoms. The highest BCUT2D eigenvalue weighted by Gasteiger charge is 2.26. The Labute approximate surface area is 177 Å². The number of anilines is 2. The van der Waals surface area contributed by atoms with Crippen LogP contribution in [0.1, 0.15) is 40.2 Å². The molecule has 5 rings (SSSR count). The van der Waals surface area contributed by atoms with Crippen LogP contribution in [0.4, 0.5) is 20.3 Å². The lowest BCUT2D eigenvalue weighted by Crippen LogP contribution is -2.06. The summed E-state index contributed by atoms with van der Waals surface area (Å²) in [5.74, 6) is -2.03. The topological polar surface area (TPSA) is 67.2 Å². The third kappa shape index (κ3) is 3.74. The van der Waals surface area contributed by atoms with Crippen LogP contribution < -0.4 is 5.32 Å². The highest BCUT2D eigenvalue weighted by atomic mass is 19.2. The maximum atomic E-state index is 14.0. The van der Waals surface area contributed by atoms with Gasteiger partial charge in [-0.25, -0.2) is 18.6 Å². The first-order valence-electron chi connectivity index (χ1n) is 10.0. The summed E-state index contributed by atoms with van der Waals surface area (Å²) in [7, 11) is 0. The van der Waals surface area contributed by atoms with Crippen LogP contribution in [0.15, 0.2) is 60.9 Å². The van der Waals surface area contributed by atoms with E-state index < -0.39 is 17.6 Å². The van der Waals surface area contributed by atoms with E-state index in [1.165, 1.54) is 6.07 Å². The van der Waals surface area contributed by atoms with E-state index in [4.69, 9.17) is 0 Å². The summed E-state index contributed by atoms with van der Waals surface area (Å²) in [6.07, 6.45) is 5.68. The predicted molar refractivity (Wildman–Crippen MR) is 114 cm³/mol. The lowest BCUT2D eigenvalue weighted by molar-refractivity contribution is 0.0697. The Morgan fingerprint density at radius 1 is 1.16 bits per heavy atom. The van der Waals surface area contributed by atoms with E-state index in [2.05, 4.69) is 10.3 Å². The summed E-state index contributed by atoms with van der Waals surface area (Å²) < 4.78 is 29.4. The predicted octanol–water partition coefficient (Wildman–Crippen LogP) is 5.68. The Morgan fingerprint density at radius 2 is 2.00 bits per heavy atom. The van der Waals surface area contributed by atoms with Crippen LogP contribution in [0.25, 0.3) is 10.9 Å². The van der Waals surface area contributed by atoms with E-state index in [1.807, 2.05) is 35.0 Å². The number of pyridine rings is 1. The van der Waals surface area contributed by atoms with Crippen molar-refractivity contribution in [2.24, 2.45) is 0 Å². The van der Waals surface area contributed by atoms with Crippen molar-refractivity contribution in [3.8, 4) is 0 Å². The summed E-state index contributed by atoms with van der Waals surface area (Å²) >= 11 is 0. The maximum Gasteiger partial charge on any atom is 0.339 e. The first kappa shape index (κ1) is 19.2. The number of hydrogen-bond acceptors (Lipinski definition) is 3. The zero-order valence-electron chi connectivity index (χ0n) is 16.5. The third-order valence-corrected chi connectivity index (χ3v) is 5.59. The van der Waals surface area contributed by atoms with Gasteiger partial charge in [-0.05, 0) is 60.7 Å². The zero-order chi connectivity index (χ0) is 21.5. The standard InChI is InChI=1S/C24H19F2N3O2/c25-20-3-1-2-16(22(20)26)13-29-9-8-15-10-18(6-7-21(15)29)28-23-19(24(30)31)11-17(12-27-23)14-4-5-14/h1-3,6-12,14H,4-5,13H2,(H,27,28)(H,30,31). The SMILES string of the molecule is O=C(O)c1cc(C2CC2)cnc1Nc1ccc2c(ccn2Cc2cccc(F)c2F)c1. The van der Waals surface area contributed by atoms with Gasteiger partial charge in [-0.2, -0.15) is 0 Å². The average Bonchev–Trinajstić information content (AvgIpc) is 3.53.